The van der Waals surface area contributed by atoms with Gasteiger partial charge in [-0.05, 0) is 61.2 Å². The Morgan fingerprint density at radius 2 is 1.65 bits per heavy atom. The van der Waals surface area contributed by atoms with Gasteiger partial charge in [-0.1, -0.05) is 79.2 Å². The molecule has 0 aromatic rings. The molecule has 13 heteroatoms. The highest BCUT2D eigenvalue weighted by Gasteiger charge is 2.44. The highest BCUT2D eigenvalue weighted by molar-refractivity contribution is 6.38. The lowest BCUT2D eigenvalue weighted by Gasteiger charge is -2.44. The molecule has 2 heterocycles. The fraction of sp³-hybridized carbons (Fsp3) is 0.789. The number of hydrogen-bond donors (Lipinski definition) is 5. The van der Waals surface area contributed by atoms with Gasteiger partial charge in [-0.2, -0.15) is 0 Å². The van der Waals surface area contributed by atoms with E-state index in [0.717, 1.165) is 51.4 Å². The predicted molar refractivity (Wildman–Crippen MR) is 193 cm³/mol. The summed E-state index contributed by atoms with van der Waals surface area (Å²) in [6.45, 7) is 13.9. The van der Waals surface area contributed by atoms with Crippen molar-refractivity contribution in [3.05, 3.63) is 12.7 Å². The second-order valence-electron chi connectivity index (χ2n) is 17.1. The van der Waals surface area contributed by atoms with Crippen LogP contribution in [-0.4, -0.2) is 100 Å². The number of carbonyl (C=O) groups excluding carboxylic acids is 6. The normalized spacial score (nSPS) is 24.5. The summed E-state index contributed by atoms with van der Waals surface area (Å²) in [5.41, 5.74) is -0.803. The zero-order valence-corrected chi connectivity index (χ0v) is 31.4. The van der Waals surface area contributed by atoms with E-state index in [4.69, 9.17) is 0 Å². The molecule has 13 nitrogen and oxygen atoms in total. The summed E-state index contributed by atoms with van der Waals surface area (Å²) in [4.78, 5) is 83.7. The van der Waals surface area contributed by atoms with Gasteiger partial charge in [0.05, 0.1) is 12.1 Å². The van der Waals surface area contributed by atoms with Gasteiger partial charge in [0.25, 0.3) is 5.91 Å². The minimum atomic E-state index is -0.992. The first-order valence-electron chi connectivity index (χ1n) is 19.1. The maximum absolute atomic E-state index is 14.4. The summed E-state index contributed by atoms with van der Waals surface area (Å²) in [7, 11) is 0. The SMILES string of the molecule is C=CCNC(=O)C(=O)C(CC1CCC1)NC(=O)[C@@H]1CCCN1C(=O)[C@@H](NC(=O)N[C@H](CN1C(=O)CC(C)(C)CC1O)C(C)(C)C)C1CCCCC1. The predicted octanol–water partition coefficient (Wildman–Crippen LogP) is 3.15. The first-order chi connectivity index (χ1) is 24.0. The molecule has 4 aliphatic rings. The molecular formula is C38H62N6O7. The Hall–Kier alpha value is -3.48. The molecule has 51 heavy (non-hydrogen) atoms. The van der Waals surface area contributed by atoms with Crippen molar-refractivity contribution in [2.75, 3.05) is 19.6 Å². The molecule has 2 aliphatic carbocycles. The lowest BCUT2D eigenvalue weighted by atomic mass is 9.80. The summed E-state index contributed by atoms with van der Waals surface area (Å²) in [5, 5.41) is 22.2. The molecule has 0 radical (unpaired) electrons. The van der Waals surface area contributed by atoms with Crippen molar-refractivity contribution < 1.29 is 33.9 Å². The van der Waals surface area contributed by atoms with Crippen molar-refractivity contribution in [3.63, 3.8) is 0 Å². The monoisotopic (exact) mass is 714 g/mol. The van der Waals surface area contributed by atoms with Crippen LogP contribution in [0.4, 0.5) is 4.79 Å². The van der Waals surface area contributed by atoms with E-state index in [-0.39, 0.29) is 42.2 Å². The van der Waals surface area contributed by atoms with Crippen molar-refractivity contribution in [1.29, 1.82) is 0 Å². The van der Waals surface area contributed by atoms with Crippen LogP contribution < -0.4 is 21.3 Å². The van der Waals surface area contributed by atoms with E-state index in [2.05, 4.69) is 27.8 Å². The Morgan fingerprint density at radius 3 is 2.24 bits per heavy atom. The van der Waals surface area contributed by atoms with E-state index in [0.29, 0.717) is 38.6 Å². The lowest BCUT2D eigenvalue weighted by Crippen LogP contribution is -2.62. The van der Waals surface area contributed by atoms with Crippen LogP contribution in [0.3, 0.4) is 0 Å². The van der Waals surface area contributed by atoms with Gasteiger partial charge in [-0.25, -0.2) is 4.79 Å². The summed E-state index contributed by atoms with van der Waals surface area (Å²) < 4.78 is 0. The summed E-state index contributed by atoms with van der Waals surface area (Å²) in [6, 6.07) is -3.78. The van der Waals surface area contributed by atoms with Gasteiger partial charge in [0.1, 0.15) is 18.3 Å². The lowest BCUT2D eigenvalue weighted by molar-refractivity contribution is -0.155. The molecule has 5 N–H and O–H groups in total. The first-order valence-corrected chi connectivity index (χ1v) is 19.1. The van der Waals surface area contributed by atoms with Gasteiger partial charge in [0.15, 0.2) is 0 Å². The van der Waals surface area contributed by atoms with E-state index >= 15 is 0 Å². The number of aliphatic hydroxyl groups excluding tert-OH is 1. The van der Waals surface area contributed by atoms with Gasteiger partial charge in [0.2, 0.25) is 23.5 Å². The Labute approximate surface area is 303 Å². The number of amides is 6. The third-order valence-corrected chi connectivity index (χ3v) is 11.3. The summed E-state index contributed by atoms with van der Waals surface area (Å²) in [6.07, 6.45) is 9.93. The highest BCUT2D eigenvalue weighted by atomic mass is 16.3. The number of piperidine rings is 1. The molecule has 5 atom stereocenters. The van der Waals surface area contributed by atoms with E-state index < -0.39 is 59.4 Å². The van der Waals surface area contributed by atoms with Crippen LogP contribution in [0.5, 0.6) is 0 Å². The molecule has 0 aromatic heterocycles. The van der Waals surface area contributed by atoms with Crippen LogP contribution >= 0.6 is 0 Å². The van der Waals surface area contributed by atoms with Crippen molar-refractivity contribution >= 4 is 35.4 Å². The molecule has 2 unspecified atom stereocenters. The maximum Gasteiger partial charge on any atom is 0.315 e. The van der Waals surface area contributed by atoms with Gasteiger partial charge < -0.3 is 36.2 Å². The Kier molecular flexibility index (Phi) is 13.7. The number of likely N-dealkylation sites (tertiary alicyclic amines) is 2. The molecular weight excluding hydrogens is 652 g/mol. The standard InChI is InChI=1S/C38H62N6O7/c1-7-18-39-34(49)32(47)26(20-24-13-11-14-24)40-33(48)27-17-12-19-43(27)35(50)31(25-15-9-8-10-16-25)42-36(51)41-28(37(2,3)4)23-44-29(45)21-38(5,6)22-30(44)46/h7,24-29,31,45H,1,8-23H2,2-6H3,(H,39,49)(H,40,48)(H2,41,42,51)/t26?,27-,28+,29?,31-/m0/s1. The third-order valence-electron chi connectivity index (χ3n) is 11.3. The van der Waals surface area contributed by atoms with Crippen LogP contribution in [-0.2, 0) is 24.0 Å². The highest BCUT2D eigenvalue weighted by Crippen LogP contribution is 2.35. The fourth-order valence-electron chi connectivity index (χ4n) is 7.95. The van der Waals surface area contributed by atoms with Gasteiger partial charge in [-0.3, -0.25) is 24.0 Å². The van der Waals surface area contributed by atoms with Gasteiger partial charge in [0, 0.05) is 26.1 Å². The Balaban J connectivity index is 1.48. The Morgan fingerprint density at radius 1 is 0.961 bits per heavy atom. The minimum absolute atomic E-state index is 0.121. The summed E-state index contributed by atoms with van der Waals surface area (Å²) in [5.74, 6) is -2.34. The van der Waals surface area contributed by atoms with Crippen LogP contribution in [0, 0.1) is 22.7 Å². The van der Waals surface area contributed by atoms with E-state index in [1.54, 1.807) is 0 Å². The van der Waals surface area contributed by atoms with Crippen molar-refractivity contribution in [3.8, 4) is 0 Å². The molecule has 6 amide bonds. The largest absolute Gasteiger partial charge is 0.374 e. The molecule has 2 aliphatic heterocycles. The number of carbonyl (C=O) groups is 6. The minimum Gasteiger partial charge on any atom is -0.374 e. The quantitative estimate of drug-likeness (QED) is 0.136. The zero-order chi connectivity index (χ0) is 37.5. The molecule has 2 saturated carbocycles. The smallest absolute Gasteiger partial charge is 0.315 e. The van der Waals surface area contributed by atoms with E-state index in [1.807, 2.05) is 34.6 Å². The number of aliphatic hydroxyl groups is 1. The van der Waals surface area contributed by atoms with Gasteiger partial charge >= 0.3 is 6.03 Å². The zero-order valence-electron chi connectivity index (χ0n) is 31.4. The topological polar surface area (TPSA) is 177 Å². The molecule has 0 bridgehead atoms. The van der Waals surface area contributed by atoms with Crippen molar-refractivity contribution in [2.45, 2.75) is 148 Å². The van der Waals surface area contributed by atoms with Crippen molar-refractivity contribution in [1.82, 2.24) is 31.1 Å². The fourth-order valence-corrected chi connectivity index (χ4v) is 7.95. The molecule has 4 fully saturated rings. The molecule has 0 spiro atoms. The average Bonchev–Trinajstić information content (AvgIpc) is 3.54. The summed E-state index contributed by atoms with van der Waals surface area (Å²) >= 11 is 0. The Bertz CT molecular complexity index is 1300. The van der Waals surface area contributed by atoms with Crippen molar-refractivity contribution in [2.24, 2.45) is 22.7 Å². The van der Waals surface area contributed by atoms with E-state index in [1.165, 1.54) is 15.9 Å². The van der Waals surface area contributed by atoms with Gasteiger partial charge in [-0.15, -0.1) is 6.58 Å². The van der Waals surface area contributed by atoms with Crippen LogP contribution in [0.15, 0.2) is 12.7 Å². The van der Waals surface area contributed by atoms with Crippen LogP contribution in [0.25, 0.3) is 0 Å². The number of urea groups is 1. The van der Waals surface area contributed by atoms with Crippen LogP contribution in [0.1, 0.15) is 118 Å². The second-order valence-corrected chi connectivity index (χ2v) is 17.1. The van der Waals surface area contributed by atoms with E-state index in [9.17, 15) is 33.9 Å². The number of ketones is 1. The third kappa shape index (κ3) is 10.8. The number of rotatable bonds is 14. The second kappa shape index (κ2) is 17.4. The number of Topliss-reactive ketones (excluding diaryl/α,β-unsaturated/α-hetero) is 1. The number of hydrogen-bond acceptors (Lipinski definition) is 7. The number of nitrogens with zero attached hydrogens (tertiary/aromatic N) is 2. The average molecular weight is 715 g/mol. The molecule has 4 rings (SSSR count). The number of nitrogens with one attached hydrogen (secondary N) is 4. The molecule has 0 aromatic carbocycles. The first kappa shape index (κ1) is 40.3. The molecule has 2 saturated heterocycles. The maximum atomic E-state index is 14.4. The molecule has 286 valence electrons. The van der Waals surface area contributed by atoms with Crippen LogP contribution in [0.2, 0.25) is 0 Å².